The molecule has 122 valence electrons. The number of carboxylic acid groups (broad SMARTS) is 1. The van der Waals surface area contributed by atoms with E-state index in [0.29, 0.717) is 33.6 Å². The van der Waals surface area contributed by atoms with Gasteiger partial charge in [-0.05, 0) is 49.4 Å². The van der Waals surface area contributed by atoms with Gasteiger partial charge in [0.05, 0.1) is 13.5 Å². The van der Waals surface area contributed by atoms with Gasteiger partial charge in [-0.25, -0.2) is 0 Å². The van der Waals surface area contributed by atoms with Gasteiger partial charge in [-0.3, -0.25) is 9.59 Å². The van der Waals surface area contributed by atoms with Crippen LogP contribution in [0.25, 0.3) is 22.3 Å². The molecule has 1 aromatic heterocycles. The Morgan fingerprint density at radius 3 is 2.42 bits per heavy atom. The van der Waals surface area contributed by atoms with Crippen molar-refractivity contribution in [1.29, 1.82) is 0 Å². The van der Waals surface area contributed by atoms with Crippen molar-refractivity contribution >= 4 is 22.7 Å². The van der Waals surface area contributed by atoms with Crippen LogP contribution >= 0.6 is 0 Å². The zero-order valence-corrected chi connectivity index (χ0v) is 13.3. The van der Waals surface area contributed by atoms with Crippen LogP contribution < -0.4 is 4.74 Å². The number of fused-ring (bicyclic) bond motifs is 1. The second-order valence-electron chi connectivity index (χ2n) is 5.48. The number of carbonyl (C=O) groups is 2. The van der Waals surface area contributed by atoms with E-state index in [4.69, 9.17) is 9.15 Å². The van der Waals surface area contributed by atoms with E-state index >= 15 is 0 Å². The smallest absolute Gasteiger partial charge is 0.307 e. The molecule has 1 N–H and O–H groups in total. The van der Waals surface area contributed by atoms with Crippen molar-refractivity contribution in [3.63, 3.8) is 0 Å². The van der Waals surface area contributed by atoms with Crippen molar-refractivity contribution in [3.8, 4) is 17.1 Å². The van der Waals surface area contributed by atoms with Gasteiger partial charge < -0.3 is 14.3 Å². The molecule has 0 saturated carbocycles. The number of hydrogen-bond donors (Lipinski definition) is 1. The minimum Gasteiger partial charge on any atom is -0.497 e. The number of carbonyl (C=O) groups excluding carboxylic acids is 1. The van der Waals surface area contributed by atoms with Gasteiger partial charge in [0.15, 0.2) is 5.78 Å². The summed E-state index contributed by atoms with van der Waals surface area (Å²) >= 11 is 0. The first-order chi connectivity index (χ1) is 11.5. The summed E-state index contributed by atoms with van der Waals surface area (Å²) in [5, 5.41) is 9.90. The molecule has 0 aliphatic heterocycles. The summed E-state index contributed by atoms with van der Waals surface area (Å²) in [5.74, 6) is 0.162. The fourth-order valence-corrected chi connectivity index (χ4v) is 2.67. The fourth-order valence-electron chi connectivity index (χ4n) is 2.67. The second-order valence-corrected chi connectivity index (χ2v) is 5.48. The number of aliphatic carboxylic acids is 1. The lowest BCUT2D eigenvalue weighted by atomic mass is 10.0. The summed E-state index contributed by atoms with van der Waals surface area (Å²) < 4.78 is 11.0. The van der Waals surface area contributed by atoms with E-state index in [1.165, 1.54) is 6.92 Å². The molecule has 0 bridgehead atoms. The number of Topliss-reactive ketones (excluding diaryl/α,β-unsaturated/α-hetero) is 1. The number of ketones is 1. The summed E-state index contributed by atoms with van der Waals surface area (Å²) in [4.78, 5) is 22.9. The number of benzene rings is 2. The highest BCUT2D eigenvalue weighted by Crippen LogP contribution is 2.35. The van der Waals surface area contributed by atoms with Crippen LogP contribution in [0.4, 0.5) is 0 Å². The van der Waals surface area contributed by atoms with Crippen molar-refractivity contribution in [3.05, 3.63) is 53.6 Å². The Balaban J connectivity index is 2.21. The van der Waals surface area contributed by atoms with Gasteiger partial charge in [-0.15, -0.1) is 0 Å². The maximum atomic E-state index is 11.6. The maximum Gasteiger partial charge on any atom is 0.307 e. The van der Waals surface area contributed by atoms with Gasteiger partial charge in [0.25, 0.3) is 0 Å². The normalized spacial score (nSPS) is 10.8. The first kappa shape index (κ1) is 15.8. The number of furan rings is 1. The SMILES string of the molecule is COc1ccc(-c2oc3ccc(C(C)=O)cc3c2CC(=O)O)cc1. The van der Waals surface area contributed by atoms with Gasteiger partial charge in [-0.2, -0.15) is 0 Å². The van der Waals surface area contributed by atoms with E-state index < -0.39 is 5.97 Å². The van der Waals surface area contributed by atoms with E-state index in [0.717, 1.165) is 5.56 Å². The predicted octanol–water partition coefficient (Wildman–Crippen LogP) is 3.94. The van der Waals surface area contributed by atoms with Gasteiger partial charge in [0, 0.05) is 22.1 Å². The van der Waals surface area contributed by atoms with Crippen molar-refractivity contribution in [2.24, 2.45) is 0 Å². The summed E-state index contributed by atoms with van der Waals surface area (Å²) in [6.07, 6.45) is -0.185. The lowest BCUT2D eigenvalue weighted by Crippen LogP contribution is -2.01. The van der Waals surface area contributed by atoms with Crippen LogP contribution in [0, 0.1) is 0 Å². The average Bonchev–Trinajstić information content (AvgIpc) is 2.92. The molecule has 0 unspecified atom stereocenters. The average molecular weight is 324 g/mol. The summed E-state index contributed by atoms with van der Waals surface area (Å²) in [6, 6.07) is 12.3. The molecular weight excluding hydrogens is 308 g/mol. The van der Waals surface area contributed by atoms with Crippen LogP contribution in [-0.2, 0) is 11.2 Å². The van der Waals surface area contributed by atoms with E-state index in [-0.39, 0.29) is 12.2 Å². The number of carboxylic acids is 1. The van der Waals surface area contributed by atoms with Crippen LogP contribution in [0.5, 0.6) is 5.75 Å². The maximum absolute atomic E-state index is 11.6. The summed E-state index contributed by atoms with van der Waals surface area (Å²) in [5.41, 5.74) is 2.40. The van der Waals surface area contributed by atoms with Crippen LogP contribution in [-0.4, -0.2) is 24.0 Å². The lowest BCUT2D eigenvalue weighted by Gasteiger charge is -2.03. The van der Waals surface area contributed by atoms with Crippen molar-refractivity contribution in [2.75, 3.05) is 7.11 Å². The van der Waals surface area contributed by atoms with Gasteiger partial charge in [0.1, 0.15) is 17.1 Å². The second kappa shape index (κ2) is 6.20. The number of rotatable bonds is 5. The molecule has 3 aromatic rings. The largest absolute Gasteiger partial charge is 0.497 e. The molecule has 3 rings (SSSR count). The molecule has 2 aromatic carbocycles. The third-order valence-electron chi connectivity index (χ3n) is 3.88. The Labute approximate surface area is 138 Å². The summed E-state index contributed by atoms with van der Waals surface area (Å²) in [7, 11) is 1.58. The zero-order valence-electron chi connectivity index (χ0n) is 13.3. The highest BCUT2D eigenvalue weighted by molar-refractivity contribution is 6.00. The van der Waals surface area contributed by atoms with Crippen molar-refractivity contribution in [2.45, 2.75) is 13.3 Å². The zero-order chi connectivity index (χ0) is 17.3. The molecule has 0 spiro atoms. The number of hydrogen-bond acceptors (Lipinski definition) is 4. The molecule has 0 fully saturated rings. The molecule has 0 aliphatic rings. The highest BCUT2D eigenvalue weighted by atomic mass is 16.5. The molecule has 0 atom stereocenters. The minimum atomic E-state index is -0.958. The van der Waals surface area contributed by atoms with E-state index in [1.807, 2.05) is 12.1 Å². The minimum absolute atomic E-state index is 0.0784. The molecule has 0 saturated heterocycles. The number of ether oxygens (including phenoxy) is 1. The molecule has 0 amide bonds. The van der Waals surface area contributed by atoms with Crippen molar-refractivity contribution in [1.82, 2.24) is 0 Å². The Hall–Kier alpha value is -3.08. The lowest BCUT2D eigenvalue weighted by molar-refractivity contribution is -0.136. The van der Waals surface area contributed by atoms with Gasteiger partial charge in [-0.1, -0.05) is 0 Å². The van der Waals surface area contributed by atoms with Gasteiger partial charge in [0.2, 0.25) is 0 Å². The van der Waals surface area contributed by atoms with E-state index in [9.17, 15) is 14.7 Å². The molecule has 1 heterocycles. The molecule has 0 aliphatic carbocycles. The Bertz CT molecular complexity index is 919. The van der Waals surface area contributed by atoms with Crippen LogP contribution in [0.3, 0.4) is 0 Å². The van der Waals surface area contributed by atoms with E-state index in [1.54, 1.807) is 37.4 Å². The monoisotopic (exact) mass is 324 g/mol. The van der Waals surface area contributed by atoms with Crippen LogP contribution in [0.15, 0.2) is 46.9 Å². The third kappa shape index (κ3) is 2.88. The molecule has 5 heteroatoms. The van der Waals surface area contributed by atoms with Crippen molar-refractivity contribution < 1.29 is 23.8 Å². The Kier molecular flexibility index (Phi) is 4.08. The molecular formula is C19H16O5. The molecule has 5 nitrogen and oxygen atoms in total. The quantitative estimate of drug-likeness (QED) is 0.719. The van der Waals surface area contributed by atoms with Gasteiger partial charge >= 0.3 is 5.97 Å². The third-order valence-corrected chi connectivity index (χ3v) is 3.88. The Morgan fingerprint density at radius 2 is 1.83 bits per heavy atom. The highest BCUT2D eigenvalue weighted by Gasteiger charge is 2.19. The first-order valence-corrected chi connectivity index (χ1v) is 7.42. The van der Waals surface area contributed by atoms with Crippen LogP contribution in [0.1, 0.15) is 22.8 Å². The predicted molar refractivity (Wildman–Crippen MR) is 89.5 cm³/mol. The topological polar surface area (TPSA) is 76.7 Å². The van der Waals surface area contributed by atoms with E-state index in [2.05, 4.69) is 0 Å². The fraction of sp³-hybridized carbons (Fsp3) is 0.158. The molecule has 24 heavy (non-hydrogen) atoms. The standard InChI is InChI=1S/C19H16O5/c1-11(20)13-5-8-17-15(9-13)16(10-18(21)22)19(24-17)12-3-6-14(23-2)7-4-12/h3-9H,10H2,1-2H3,(H,21,22). The summed E-state index contributed by atoms with van der Waals surface area (Å²) in [6.45, 7) is 1.47. The Morgan fingerprint density at radius 1 is 1.12 bits per heavy atom. The van der Waals surface area contributed by atoms with Crippen LogP contribution in [0.2, 0.25) is 0 Å². The number of methoxy groups -OCH3 is 1. The molecule has 0 radical (unpaired) electrons. The first-order valence-electron chi connectivity index (χ1n) is 7.42.